The number of ether oxygens (including phenoxy) is 1. The number of alkyl halides is 2. The van der Waals surface area contributed by atoms with Crippen molar-refractivity contribution >= 4 is 9.84 Å². The lowest BCUT2D eigenvalue weighted by atomic mass is 9.86. The lowest BCUT2D eigenvalue weighted by Gasteiger charge is -2.28. The number of hydrogen-bond donors (Lipinski definition) is 0. The van der Waals surface area contributed by atoms with Crippen molar-refractivity contribution in [2.75, 3.05) is 6.26 Å². The summed E-state index contributed by atoms with van der Waals surface area (Å²) in [6, 6.07) is 4.43. The zero-order chi connectivity index (χ0) is 21.2. The van der Waals surface area contributed by atoms with Gasteiger partial charge in [0.1, 0.15) is 17.7 Å². The van der Waals surface area contributed by atoms with Crippen LogP contribution in [-0.4, -0.2) is 35.5 Å². The van der Waals surface area contributed by atoms with Gasteiger partial charge in [-0.1, -0.05) is 13.3 Å². The molecule has 0 unspecified atom stereocenters. The molecule has 1 fully saturated rings. The Hall–Kier alpha value is -2.54. The summed E-state index contributed by atoms with van der Waals surface area (Å²) < 4.78 is 57.2. The number of sulfone groups is 1. The van der Waals surface area contributed by atoms with Crippen LogP contribution in [0.1, 0.15) is 56.7 Å². The Labute approximate surface area is 168 Å². The van der Waals surface area contributed by atoms with E-state index in [4.69, 9.17) is 4.74 Å². The molecule has 10 heteroatoms. The molecule has 0 N–H and O–H groups in total. The highest BCUT2D eigenvalue weighted by atomic mass is 32.2. The summed E-state index contributed by atoms with van der Waals surface area (Å²) in [5, 5.41) is 13.3. The van der Waals surface area contributed by atoms with E-state index in [0.717, 1.165) is 49.2 Å². The zero-order valence-corrected chi connectivity index (χ0v) is 17.0. The number of pyridine rings is 1. The summed E-state index contributed by atoms with van der Waals surface area (Å²) in [6.07, 6.45) is 3.55. The molecule has 156 valence electrons. The highest BCUT2D eigenvalue weighted by molar-refractivity contribution is 7.90. The maximum atomic E-state index is 13.4. The van der Waals surface area contributed by atoms with Gasteiger partial charge in [0.2, 0.25) is 5.88 Å². The first-order chi connectivity index (χ1) is 13.7. The van der Waals surface area contributed by atoms with E-state index in [-0.39, 0.29) is 28.3 Å². The first-order valence-corrected chi connectivity index (χ1v) is 11.3. The van der Waals surface area contributed by atoms with Crippen LogP contribution < -0.4 is 4.74 Å². The van der Waals surface area contributed by atoms with Crippen LogP contribution in [-0.2, 0) is 9.84 Å². The highest BCUT2D eigenvalue weighted by Crippen LogP contribution is 2.35. The fourth-order valence-corrected chi connectivity index (χ4v) is 4.03. The van der Waals surface area contributed by atoms with Crippen LogP contribution in [0.5, 0.6) is 5.88 Å². The lowest BCUT2D eigenvalue weighted by molar-refractivity contribution is 0.121. The molecule has 7 nitrogen and oxygen atoms in total. The van der Waals surface area contributed by atoms with Crippen molar-refractivity contribution in [3.63, 3.8) is 0 Å². The second-order valence-corrected chi connectivity index (χ2v) is 9.20. The van der Waals surface area contributed by atoms with Crippen LogP contribution in [0, 0.1) is 17.2 Å². The molecule has 2 aromatic heterocycles. The van der Waals surface area contributed by atoms with Crippen LogP contribution in [0.15, 0.2) is 23.2 Å². The average molecular weight is 424 g/mol. The van der Waals surface area contributed by atoms with Crippen LogP contribution in [0.2, 0.25) is 0 Å². The minimum Gasteiger partial charge on any atom is -0.473 e. The van der Waals surface area contributed by atoms with Crippen molar-refractivity contribution < 1.29 is 21.9 Å². The molecule has 0 atom stereocenters. The molecule has 2 aromatic rings. The Morgan fingerprint density at radius 2 is 2.00 bits per heavy atom. The Morgan fingerprint density at radius 3 is 2.48 bits per heavy atom. The fraction of sp³-hybridized carbons (Fsp3) is 0.526. The number of rotatable bonds is 6. The van der Waals surface area contributed by atoms with E-state index in [1.807, 2.05) is 0 Å². The van der Waals surface area contributed by atoms with E-state index in [1.165, 1.54) is 12.1 Å². The van der Waals surface area contributed by atoms with Gasteiger partial charge in [0.05, 0.1) is 4.90 Å². The first kappa shape index (κ1) is 21.2. The molecule has 29 heavy (non-hydrogen) atoms. The number of nitriles is 1. The number of halogens is 2. The topological polar surface area (TPSA) is 97.9 Å². The van der Waals surface area contributed by atoms with Gasteiger partial charge >= 0.3 is 0 Å². The van der Waals surface area contributed by atoms with E-state index >= 15 is 0 Å². The molecule has 0 amide bonds. The molecule has 0 spiro atoms. The van der Waals surface area contributed by atoms with Crippen LogP contribution in [0.3, 0.4) is 0 Å². The molecule has 3 rings (SSSR count). The monoisotopic (exact) mass is 424 g/mol. The summed E-state index contributed by atoms with van der Waals surface area (Å²) >= 11 is 0. The molecule has 1 aliphatic rings. The van der Waals surface area contributed by atoms with Crippen molar-refractivity contribution in [3.8, 4) is 17.8 Å². The third-order valence-corrected chi connectivity index (χ3v) is 6.30. The normalized spacial score (nSPS) is 19.9. The number of aromatic nitrogens is 3. The quantitative estimate of drug-likeness (QED) is 0.699. The zero-order valence-electron chi connectivity index (χ0n) is 16.2. The van der Waals surface area contributed by atoms with Gasteiger partial charge in [-0.15, -0.1) is 0 Å². The molecule has 1 aliphatic carbocycles. The van der Waals surface area contributed by atoms with Gasteiger partial charge in [-0.3, -0.25) is 0 Å². The SMILES string of the molecule is CCC1CCC(Oc2c(C#N)c(C(F)F)nn2-c2ccc(S(C)(=O)=O)cn2)CC1. The third-order valence-electron chi connectivity index (χ3n) is 5.20. The third kappa shape index (κ3) is 4.56. The van der Waals surface area contributed by atoms with Crippen molar-refractivity contribution in [1.82, 2.24) is 14.8 Å². The molecular weight excluding hydrogens is 402 g/mol. The van der Waals surface area contributed by atoms with Gasteiger partial charge < -0.3 is 4.74 Å². The summed E-state index contributed by atoms with van der Waals surface area (Å²) in [5.41, 5.74) is -1.01. The Kier molecular flexibility index (Phi) is 6.17. The average Bonchev–Trinajstić information content (AvgIpc) is 3.06. The summed E-state index contributed by atoms with van der Waals surface area (Å²) in [6.45, 7) is 2.13. The fourth-order valence-electron chi connectivity index (χ4n) is 3.47. The van der Waals surface area contributed by atoms with E-state index in [0.29, 0.717) is 5.92 Å². The maximum Gasteiger partial charge on any atom is 0.283 e. The Balaban J connectivity index is 1.99. The Bertz CT molecular complexity index is 1010. The van der Waals surface area contributed by atoms with E-state index < -0.39 is 22.0 Å². The van der Waals surface area contributed by atoms with Gasteiger partial charge in [-0.05, 0) is 43.7 Å². The maximum absolute atomic E-state index is 13.4. The number of nitrogens with zero attached hydrogens (tertiary/aromatic N) is 4. The standard InChI is InChI=1S/C19H22F2N4O3S/c1-3-12-4-6-13(7-5-12)28-19-15(10-22)17(18(20)21)24-25(19)16-9-8-14(11-23-16)29(2,26)27/h8-9,11-13,18H,3-7H2,1-2H3. The van der Waals surface area contributed by atoms with E-state index in [1.54, 1.807) is 6.07 Å². The largest absolute Gasteiger partial charge is 0.473 e. The van der Waals surface area contributed by atoms with Gasteiger partial charge in [0, 0.05) is 12.5 Å². The van der Waals surface area contributed by atoms with Gasteiger partial charge in [-0.2, -0.15) is 15.0 Å². The highest BCUT2D eigenvalue weighted by Gasteiger charge is 2.30. The molecular formula is C19H22F2N4O3S. The number of hydrogen-bond acceptors (Lipinski definition) is 6. The van der Waals surface area contributed by atoms with Gasteiger partial charge in [0.15, 0.2) is 21.3 Å². The summed E-state index contributed by atoms with van der Waals surface area (Å²) in [4.78, 5) is 4.02. The van der Waals surface area contributed by atoms with Gasteiger partial charge in [-0.25, -0.2) is 22.2 Å². The predicted molar refractivity (Wildman–Crippen MR) is 101 cm³/mol. The second-order valence-electron chi connectivity index (χ2n) is 7.18. The van der Waals surface area contributed by atoms with Crippen LogP contribution in [0.4, 0.5) is 8.78 Å². The smallest absolute Gasteiger partial charge is 0.283 e. The molecule has 0 aromatic carbocycles. The van der Waals surface area contributed by atoms with Gasteiger partial charge in [0.25, 0.3) is 6.43 Å². The first-order valence-electron chi connectivity index (χ1n) is 9.38. The second kappa shape index (κ2) is 8.45. The predicted octanol–water partition coefficient (Wildman–Crippen LogP) is 3.83. The molecule has 0 radical (unpaired) electrons. The molecule has 0 saturated heterocycles. The van der Waals surface area contributed by atoms with Crippen molar-refractivity contribution in [2.45, 2.75) is 56.5 Å². The lowest BCUT2D eigenvalue weighted by Crippen LogP contribution is -2.25. The minimum atomic E-state index is -3.46. The van der Waals surface area contributed by atoms with Crippen LogP contribution >= 0.6 is 0 Å². The van der Waals surface area contributed by atoms with E-state index in [9.17, 15) is 22.5 Å². The van der Waals surface area contributed by atoms with Crippen molar-refractivity contribution in [1.29, 1.82) is 5.26 Å². The Morgan fingerprint density at radius 1 is 1.31 bits per heavy atom. The minimum absolute atomic E-state index is 0.0108. The molecule has 2 heterocycles. The van der Waals surface area contributed by atoms with Crippen molar-refractivity contribution in [2.24, 2.45) is 5.92 Å². The summed E-state index contributed by atoms with van der Waals surface area (Å²) in [7, 11) is -3.46. The van der Waals surface area contributed by atoms with E-state index in [2.05, 4.69) is 17.0 Å². The van der Waals surface area contributed by atoms with Crippen LogP contribution in [0.25, 0.3) is 5.82 Å². The molecule has 0 bridgehead atoms. The molecule has 1 saturated carbocycles. The summed E-state index contributed by atoms with van der Waals surface area (Å²) in [5.74, 6) is 0.637. The van der Waals surface area contributed by atoms with Crippen molar-refractivity contribution in [3.05, 3.63) is 29.6 Å². The molecule has 0 aliphatic heterocycles.